The van der Waals surface area contributed by atoms with Crippen LogP contribution in [0.2, 0.25) is 0 Å². The van der Waals surface area contributed by atoms with Crippen molar-refractivity contribution in [1.82, 2.24) is 4.90 Å². The number of amides is 1. The molecule has 1 saturated heterocycles. The number of β-amino-alcohol motifs (C(OH)–C–C–N with tert-alkyl or cyclic N) is 1. The predicted octanol–water partition coefficient (Wildman–Crippen LogP) is 0.939. The molecule has 0 spiro atoms. The Balaban J connectivity index is 1.59. The summed E-state index contributed by atoms with van der Waals surface area (Å²) in [4.78, 5) is 13.0. The maximum atomic E-state index is 11.8. The molecule has 4 nitrogen and oxygen atoms in total. The molecule has 0 unspecified atom stereocenters. The number of nitrogens with zero attached hydrogens (tertiary/aromatic N) is 1. The molecule has 1 N–H and O–H groups in total. The standard InChI is InChI=1S/C11H16F3NO3/c12-11(13,14)7-18-4-3-9(16)15-5-10(17,6-15)8-1-2-8/h8,17H,1-7H2. The first-order valence-electron chi connectivity index (χ1n) is 5.95. The average molecular weight is 267 g/mol. The van der Waals surface area contributed by atoms with E-state index in [0.29, 0.717) is 19.0 Å². The Hall–Kier alpha value is -0.820. The van der Waals surface area contributed by atoms with E-state index in [4.69, 9.17) is 0 Å². The van der Waals surface area contributed by atoms with Crippen LogP contribution in [0.3, 0.4) is 0 Å². The fourth-order valence-corrected chi connectivity index (χ4v) is 2.18. The summed E-state index contributed by atoms with van der Waals surface area (Å²) in [5.74, 6) is 0.0329. The first-order valence-corrected chi connectivity index (χ1v) is 5.95. The second-order valence-electron chi connectivity index (χ2n) is 5.05. The van der Waals surface area contributed by atoms with Gasteiger partial charge in [0.05, 0.1) is 26.1 Å². The minimum absolute atomic E-state index is 0.0726. The summed E-state index contributed by atoms with van der Waals surface area (Å²) < 4.78 is 39.6. The smallest absolute Gasteiger partial charge is 0.386 e. The predicted molar refractivity (Wildman–Crippen MR) is 55.7 cm³/mol. The van der Waals surface area contributed by atoms with Crippen molar-refractivity contribution in [3.05, 3.63) is 0 Å². The summed E-state index contributed by atoms with van der Waals surface area (Å²) in [5, 5.41) is 9.97. The number of ether oxygens (including phenoxy) is 1. The van der Waals surface area contributed by atoms with Gasteiger partial charge in [0.15, 0.2) is 0 Å². The Morgan fingerprint density at radius 1 is 1.39 bits per heavy atom. The van der Waals surface area contributed by atoms with E-state index >= 15 is 0 Å². The number of halogens is 3. The van der Waals surface area contributed by atoms with Crippen LogP contribution in [0.5, 0.6) is 0 Å². The van der Waals surface area contributed by atoms with Crippen molar-refractivity contribution in [2.45, 2.75) is 31.0 Å². The van der Waals surface area contributed by atoms with Gasteiger partial charge in [0.1, 0.15) is 12.2 Å². The minimum Gasteiger partial charge on any atom is -0.386 e. The van der Waals surface area contributed by atoms with Crippen LogP contribution in [0.1, 0.15) is 19.3 Å². The molecule has 1 saturated carbocycles. The van der Waals surface area contributed by atoms with Crippen molar-refractivity contribution in [3.8, 4) is 0 Å². The molecular formula is C11H16F3NO3. The van der Waals surface area contributed by atoms with E-state index < -0.39 is 18.4 Å². The molecule has 0 bridgehead atoms. The molecule has 104 valence electrons. The summed E-state index contributed by atoms with van der Waals surface area (Å²) in [5.41, 5.74) is -0.748. The Labute approximate surface area is 103 Å². The van der Waals surface area contributed by atoms with Crippen LogP contribution in [0.4, 0.5) is 13.2 Å². The van der Waals surface area contributed by atoms with Crippen LogP contribution in [0, 0.1) is 5.92 Å². The number of rotatable bonds is 5. The molecule has 1 aliphatic carbocycles. The van der Waals surface area contributed by atoms with Crippen LogP contribution in [-0.2, 0) is 9.53 Å². The molecular weight excluding hydrogens is 251 g/mol. The van der Waals surface area contributed by atoms with Gasteiger partial charge >= 0.3 is 6.18 Å². The fraction of sp³-hybridized carbons (Fsp3) is 0.909. The monoisotopic (exact) mass is 267 g/mol. The van der Waals surface area contributed by atoms with Crippen molar-refractivity contribution in [2.24, 2.45) is 5.92 Å². The molecule has 2 fully saturated rings. The van der Waals surface area contributed by atoms with Crippen LogP contribution in [-0.4, -0.2) is 54.0 Å². The lowest BCUT2D eigenvalue weighted by Crippen LogP contribution is -2.64. The molecule has 0 aromatic rings. The first-order chi connectivity index (χ1) is 8.30. The van der Waals surface area contributed by atoms with Crippen molar-refractivity contribution in [3.63, 3.8) is 0 Å². The van der Waals surface area contributed by atoms with E-state index in [1.807, 2.05) is 0 Å². The van der Waals surface area contributed by atoms with Crippen molar-refractivity contribution >= 4 is 5.91 Å². The lowest BCUT2D eigenvalue weighted by atomic mass is 9.88. The summed E-state index contributed by atoms with van der Waals surface area (Å²) in [6.07, 6.45) is -2.44. The molecule has 0 atom stereocenters. The highest BCUT2D eigenvalue weighted by Crippen LogP contribution is 2.44. The number of alkyl halides is 3. The quantitative estimate of drug-likeness (QED) is 0.754. The van der Waals surface area contributed by atoms with Crippen LogP contribution < -0.4 is 0 Å². The SMILES string of the molecule is O=C(CCOCC(F)(F)F)N1CC(O)(C2CC2)C1. The number of carbonyl (C=O) groups excluding carboxylic acids is 1. The molecule has 18 heavy (non-hydrogen) atoms. The summed E-state index contributed by atoms with van der Waals surface area (Å²) in [6, 6.07) is 0. The number of hydrogen-bond acceptors (Lipinski definition) is 3. The third-order valence-corrected chi connectivity index (χ3v) is 3.35. The molecule has 1 amide bonds. The molecule has 0 aromatic heterocycles. The second-order valence-corrected chi connectivity index (χ2v) is 5.05. The van der Waals surface area contributed by atoms with E-state index in [2.05, 4.69) is 4.74 Å². The van der Waals surface area contributed by atoms with Crippen molar-refractivity contribution < 1.29 is 27.8 Å². The van der Waals surface area contributed by atoms with Crippen LogP contribution in [0.25, 0.3) is 0 Å². The normalized spacial score (nSPS) is 22.8. The van der Waals surface area contributed by atoms with E-state index in [1.165, 1.54) is 4.90 Å². The summed E-state index contributed by atoms with van der Waals surface area (Å²) in [7, 11) is 0. The Morgan fingerprint density at radius 2 is 2.00 bits per heavy atom. The van der Waals surface area contributed by atoms with Gasteiger partial charge in [-0.3, -0.25) is 4.79 Å². The van der Waals surface area contributed by atoms with Gasteiger partial charge in [-0.25, -0.2) is 0 Å². The van der Waals surface area contributed by atoms with Crippen molar-refractivity contribution in [2.75, 3.05) is 26.3 Å². The van der Waals surface area contributed by atoms with E-state index in [1.54, 1.807) is 0 Å². The molecule has 2 rings (SSSR count). The summed E-state index contributed by atoms with van der Waals surface area (Å²) in [6.45, 7) is -0.964. The second kappa shape index (κ2) is 4.70. The third-order valence-electron chi connectivity index (χ3n) is 3.35. The van der Waals surface area contributed by atoms with E-state index in [-0.39, 0.29) is 18.9 Å². The van der Waals surface area contributed by atoms with Crippen LogP contribution >= 0.6 is 0 Å². The number of hydrogen-bond donors (Lipinski definition) is 1. The minimum atomic E-state index is -4.36. The van der Waals surface area contributed by atoms with Gasteiger partial charge in [0, 0.05) is 0 Å². The number of carbonyl (C=O) groups is 1. The van der Waals surface area contributed by atoms with Crippen molar-refractivity contribution in [1.29, 1.82) is 0 Å². The highest BCUT2D eigenvalue weighted by Gasteiger charge is 2.53. The zero-order valence-corrected chi connectivity index (χ0v) is 9.87. The Kier molecular flexibility index (Phi) is 3.55. The van der Waals surface area contributed by atoms with Gasteiger partial charge in [-0.1, -0.05) is 0 Å². The van der Waals surface area contributed by atoms with Gasteiger partial charge in [-0.05, 0) is 18.8 Å². The lowest BCUT2D eigenvalue weighted by Gasteiger charge is -2.47. The molecule has 0 aromatic carbocycles. The highest BCUT2D eigenvalue weighted by molar-refractivity contribution is 5.77. The van der Waals surface area contributed by atoms with Gasteiger partial charge in [0.25, 0.3) is 0 Å². The zero-order chi connectivity index (χ0) is 13.4. The number of likely N-dealkylation sites (tertiary alicyclic amines) is 1. The Morgan fingerprint density at radius 3 is 2.50 bits per heavy atom. The maximum Gasteiger partial charge on any atom is 0.411 e. The lowest BCUT2D eigenvalue weighted by molar-refractivity contribution is -0.177. The molecule has 7 heteroatoms. The molecule has 2 aliphatic rings. The largest absolute Gasteiger partial charge is 0.411 e. The maximum absolute atomic E-state index is 11.8. The fourth-order valence-electron chi connectivity index (χ4n) is 2.18. The van der Waals surface area contributed by atoms with E-state index in [9.17, 15) is 23.1 Å². The van der Waals surface area contributed by atoms with Gasteiger partial charge in [0.2, 0.25) is 5.91 Å². The van der Waals surface area contributed by atoms with E-state index in [0.717, 1.165) is 12.8 Å². The summed E-state index contributed by atoms with van der Waals surface area (Å²) >= 11 is 0. The topological polar surface area (TPSA) is 49.8 Å². The first kappa shape index (κ1) is 13.6. The van der Waals surface area contributed by atoms with Gasteiger partial charge < -0.3 is 14.7 Å². The van der Waals surface area contributed by atoms with Gasteiger partial charge in [-0.2, -0.15) is 13.2 Å². The zero-order valence-electron chi connectivity index (χ0n) is 9.87. The van der Waals surface area contributed by atoms with Crippen LogP contribution in [0.15, 0.2) is 0 Å². The average Bonchev–Trinajstić information content (AvgIpc) is 3.01. The Bertz CT molecular complexity index is 322. The molecule has 0 radical (unpaired) electrons. The highest BCUT2D eigenvalue weighted by atomic mass is 19.4. The molecule has 1 heterocycles. The number of aliphatic hydroxyl groups is 1. The third kappa shape index (κ3) is 3.35. The van der Waals surface area contributed by atoms with Gasteiger partial charge in [-0.15, -0.1) is 0 Å². The molecule has 1 aliphatic heterocycles.